The number of oxazole rings is 1. The summed E-state index contributed by atoms with van der Waals surface area (Å²) >= 11 is 0. The monoisotopic (exact) mass is 240 g/mol. The van der Waals surface area contributed by atoms with Crippen LogP contribution in [-0.4, -0.2) is 40.5 Å². The van der Waals surface area contributed by atoms with Crippen molar-refractivity contribution in [2.45, 2.75) is 26.2 Å². The van der Waals surface area contributed by atoms with Crippen LogP contribution in [-0.2, 0) is 10.2 Å². The molecular weight excluding hydrogens is 224 g/mol. The summed E-state index contributed by atoms with van der Waals surface area (Å²) in [6.07, 6.45) is 1.49. The number of nitrogens with zero attached hydrogens (tertiary/aromatic N) is 2. The number of amides is 1. The smallest absolute Gasteiger partial charge is 0.323 e. The number of carbonyl (C=O) groups excluding carboxylic acids is 1. The van der Waals surface area contributed by atoms with Crippen LogP contribution in [0.25, 0.3) is 0 Å². The number of hydrogen-bond donors (Lipinski definition) is 1. The Morgan fingerprint density at radius 2 is 2.06 bits per heavy atom. The molecule has 0 saturated carbocycles. The second kappa shape index (κ2) is 4.57. The molecule has 1 aromatic heterocycles. The predicted octanol–water partition coefficient (Wildman–Crippen LogP) is 1.13. The number of carbonyl (C=O) groups is 2. The van der Waals surface area contributed by atoms with Crippen LogP contribution in [0.1, 0.15) is 37.2 Å². The summed E-state index contributed by atoms with van der Waals surface area (Å²) in [7, 11) is 1.39. The fraction of sp³-hybridized carbons (Fsp3) is 0.545. The maximum atomic E-state index is 11.7. The van der Waals surface area contributed by atoms with Gasteiger partial charge in [0.05, 0.1) is 6.20 Å². The van der Waals surface area contributed by atoms with Crippen LogP contribution in [0.2, 0.25) is 0 Å². The molecule has 1 amide bonds. The van der Waals surface area contributed by atoms with Crippen LogP contribution in [0.4, 0.5) is 0 Å². The topological polar surface area (TPSA) is 83.6 Å². The maximum Gasteiger partial charge on any atom is 0.323 e. The van der Waals surface area contributed by atoms with E-state index in [-0.39, 0.29) is 17.9 Å². The van der Waals surface area contributed by atoms with E-state index in [9.17, 15) is 9.59 Å². The minimum atomic E-state index is -1.08. The van der Waals surface area contributed by atoms with Crippen LogP contribution in [0.3, 0.4) is 0 Å². The largest absolute Gasteiger partial charge is 0.480 e. The lowest BCUT2D eigenvalue weighted by atomic mass is 9.94. The van der Waals surface area contributed by atoms with Gasteiger partial charge in [0, 0.05) is 12.5 Å². The summed E-state index contributed by atoms with van der Waals surface area (Å²) in [6, 6.07) is 0. The molecule has 0 aliphatic rings. The molecule has 0 aliphatic heterocycles. The second-order valence-corrected chi connectivity index (χ2v) is 4.83. The fourth-order valence-corrected chi connectivity index (χ4v) is 1.16. The van der Waals surface area contributed by atoms with E-state index in [0.717, 1.165) is 4.90 Å². The van der Waals surface area contributed by atoms with E-state index in [1.54, 1.807) is 0 Å². The van der Waals surface area contributed by atoms with Gasteiger partial charge in [-0.3, -0.25) is 9.59 Å². The molecule has 17 heavy (non-hydrogen) atoms. The predicted molar refractivity (Wildman–Crippen MR) is 59.8 cm³/mol. The third-order valence-corrected chi connectivity index (χ3v) is 2.15. The maximum absolute atomic E-state index is 11.7. The molecule has 0 spiro atoms. The SMILES string of the molecule is CN(CC(=O)O)C(=O)c1ncc(C(C)(C)C)o1. The zero-order valence-electron chi connectivity index (χ0n) is 10.4. The van der Waals surface area contributed by atoms with Crippen molar-refractivity contribution in [2.75, 3.05) is 13.6 Å². The Morgan fingerprint density at radius 1 is 1.47 bits per heavy atom. The van der Waals surface area contributed by atoms with Gasteiger partial charge in [0.2, 0.25) is 0 Å². The summed E-state index contributed by atoms with van der Waals surface area (Å²) in [6.45, 7) is 5.42. The summed E-state index contributed by atoms with van der Waals surface area (Å²) < 4.78 is 5.32. The van der Waals surface area contributed by atoms with Crippen molar-refractivity contribution in [3.05, 3.63) is 17.8 Å². The molecule has 6 nitrogen and oxygen atoms in total. The summed E-state index contributed by atoms with van der Waals surface area (Å²) in [5.41, 5.74) is -0.239. The third kappa shape index (κ3) is 3.30. The van der Waals surface area contributed by atoms with Gasteiger partial charge in [-0.2, -0.15) is 0 Å². The van der Waals surface area contributed by atoms with E-state index in [1.165, 1.54) is 13.2 Å². The molecule has 0 unspecified atom stereocenters. The Hall–Kier alpha value is -1.85. The van der Waals surface area contributed by atoms with E-state index < -0.39 is 11.9 Å². The van der Waals surface area contributed by atoms with E-state index in [4.69, 9.17) is 9.52 Å². The van der Waals surface area contributed by atoms with Gasteiger partial charge < -0.3 is 14.4 Å². The summed E-state index contributed by atoms with van der Waals surface area (Å²) in [4.78, 5) is 27.1. The van der Waals surface area contributed by atoms with Crippen LogP contribution >= 0.6 is 0 Å². The second-order valence-electron chi connectivity index (χ2n) is 4.83. The van der Waals surface area contributed by atoms with Gasteiger partial charge in [-0.15, -0.1) is 0 Å². The molecule has 0 atom stereocenters. The number of rotatable bonds is 3. The highest BCUT2D eigenvalue weighted by molar-refractivity contribution is 5.91. The van der Waals surface area contributed by atoms with Crippen molar-refractivity contribution in [1.29, 1.82) is 0 Å². The van der Waals surface area contributed by atoms with Gasteiger partial charge in [0.1, 0.15) is 12.3 Å². The number of likely N-dealkylation sites (N-methyl/N-ethyl adjacent to an activating group) is 1. The Kier molecular flexibility index (Phi) is 3.55. The Labute approximate surface area is 99.2 Å². The molecule has 6 heteroatoms. The van der Waals surface area contributed by atoms with Crippen LogP contribution < -0.4 is 0 Å². The Balaban J connectivity index is 2.84. The van der Waals surface area contributed by atoms with Crippen LogP contribution in [0.15, 0.2) is 10.6 Å². The minimum Gasteiger partial charge on any atom is -0.480 e. The quantitative estimate of drug-likeness (QED) is 0.856. The van der Waals surface area contributed by atoms with E-state index in [0.29, 0.717) is 5.76 Å². The van der Waals surface area contributed by atoms with Crippen molar-refractivity contribution in [1.82, 2.24) is 9.88 Å². The Bertz CT molecular complexity index is 431. The highest BCUT2D eigenvalue weighted by atomic mass is 16.4. The zero-order chi connectivity index (χ0) is 13.2. The van der Waals surface area contributed by atoms with Crippen LogP contribution in [0.5, 0.6) is 0 Å². The third-order valence-electron chi connectivity index (χ3n) is 2.15. The molecular formula is C11H16N2O4. The highest BCUT2D eigenvalue weighted by Crippen LogP contribution is 2.22. The molecule has 0 saturated heterocycles. The standard InChI is InChI=1S/C11H16N2O4/c1-11(2,3)7-5-12-9(17-7)10(16)13(4)6-8(14)15/h5H,6H2,1-4H3,(H,14,15). The molecule has 0 fully saturated rings. The summed E-state index contributed by atoms with van der Waals surface area (Å²) in [5.74, 6) is -1.12. The van der Waals surface area contributed by atoms with Gasteiger partial charge in [0.25, 0.3) is 5.89 Å². The van der Waals surface area contributed by atoms with Crippen molar-refractivity contribution >= 4 is 11.9 Å². The zero-order valence-corrected chi connectivity index (χ0v) is 10.4. The molecule has 0 aliphatic carbocycles. The first-order valence-corrected chi connectivity index (χ1v) is 5.15. The van der Waals surface area contributed by atoms with E-state index in [2.05, 4.69) is 4.98 Å². The fourth-order valence-electron chi connectivity index (χ4n) is 1.16. The van der Waals surface area contributed by atoms with Gasteiger partial charge in [-0.05, 0) is 0 Å². The number of aromatic nitrogens is 1. The van der Waals surface area contributed by atoms with Crippen molar-refractivity contribution in [3.63, 3.8) is 0 Å². The lowest BCUT2D eigenvalue weighted by Gasteiger charge is -2.14. The number of hydrogen-bond acceptors (Lipinski definition) is 4. The number of aliphatic carboxylic acids is 1. The molecule has 1 rings (SSSR count). The van der Waals surface area contributed by atoms with Gasteiger partial charge in [-0.1, -0.05) is 20.8 Å². The molecule has 1 aromatic rings. The average Bonchev–Trinajstić information content (AvgIpc) is 2.63. The first kappa shape index (κ1) is 13.2. The molecule has 0 radical (unpaired) electrons. The molecule has 94 valence electrons. The first-order valence-electron chi connectivity index (χ1n) is 5.15. The van der Waals surface area contributed by atoms with Crippen molar-refractivity contribution < 1.29 is 19.1 Å². The highest BCUT2D eigenvalue weighted by Gasteiger charge is 2.24. The van der Waals surface area contributed by atoms with Gasteiger partial charge in [0.15, 0.2) is 0 Å². The lowest BCUT2D eigenvalue weighted by molar-refractivity contribution is -0.137. The van der Waals surface area contributed by atoms with Crippen molar-refractivity contribution in [2.24, 2.45) is 0 Å². The Morgan fingerprint density at radius 3 is 2.47 bits per heavy atom. The number of carboxylic acid groups (broad SMARTS) is 1. The van der Waals surface area contributed by atoms with E-state index >= 15 is 0 Å². The molecule has 0 aromatic carbocycles. The average molecular weight is 240 g/mol. The van der Waals surface area contributed by atoms with Gasteiger partial charge >= 0.3 is 11.9 Å². The number of carboxylic acids is 1. The minimum absolute atomic E-state index is 0.0846. The molecule has 0 bridgehead atoms. The normalized spacial score (nSPS) is 11.3. The van der Waals surface area contributed by atoms with E-state index in [1.807, 2.05) is 20.8 Å². The first-order chi connectivity index (χ1) is 7.71. The molecule has 1 heterocycles. The van der Waals surface area contributed by atoms with Crippen LogP contribution in [0, 0.1) is 0 Å². The van der Waals surface area contributed by atoms with Gasteiger partial charge in [-0.25, -0.2) is 4.98 Å². The molecule has 1 N–H and O–H groups in total. The lowest BCUT2D eigenvalue weighted by Crippen LogP contribution is -2.32. The summed E-state index contributed by atoms with van der Waals surface area (Å²) in [5, 5.41) is 8.57. The van der Waals surface area contributed by atoms with Crippen molar-refractivity contribution in [3.8, 4) is 0 Å².